The number of benzene rings is 1. The molecule has 1 aliphatic heterocycles. The Morgan fingerprint density at radius 2 is 2.11 bits per heavy atom. The van der Waals surface area contributed by atoms with Crippen LogP contribution in [-0.2, 0) is 20.7 Å². The highest BCUT2D eigenvalue weighted by atomic mass is 16.5. The predicted octanol–water partition coefficient (Wildman–Crippen LogP) is 0.295. The first-order valence-electron chi connectivity index (χ1n) is 5.92. The van der Waals surface area contributed by atoms with Gasteiger partial charge in [0.25, 0.3) is 0 Å². The first-order valence-corrected chi connectivity index (χ1v) is 5.92. The molecule has 1 aliphatic rings. The van der Waals surface area contributed by atoms with E-state index in [4.69, 9.17) is 4.74 Å². The monoisotopic (exact) mass is 265 g/mol. The van der Waals surface area contributed by atoms with Crippen molar-refractivity contribution in [1.82, 2.24) is 5.32 Å². The third-order valence-electron chi connectivity index (χ3n) is 3.15. The topological polar surface area (TPSA) is 95.9 Å². The fraction of sp³-hybridized carbons (Fsp3) is 0.385. The van der Waals surface area contributed by atoms with Gasteiger partial charge in [-0.1, -0.05) is 18.2 Å². The lowest BCUT2D eigenvalue weighted by Gasteiger charge is -2.23. The van der Waals surface area contributed by atoms with Crippen LogP contribution in [0.4, 0.5) is 0 Å². The number of hydrogen-bond donors (Lipinski definition) is 3. The second-order valence-corrected chi connectivity index (χ2v) is 4.54. The lowest BCUT2D eigenvalue weighted by Crippen LogP contribution is -2.55. The second kappa shape index (κ2) is 5.27. The van der Waals surface area contributed by atoms with E-state index < -0.39 is 17.4 Å². The summed E-state index contributed by atoms with van der Waals surface area (Å²) in [6, 6.07) is 6.45. The number of carbonyl (C=O) groups is 2. The lowest BCUT2D eigenvalue weighted by atomic mass is 9.98. The van der Waals surface area contributed by atoms with E-state index in [1.807, 2.05) is 0 Å². The van der Waals surface area contributed by atoms with Gasteiger partial charge in [0.2, 0.25) is 5.91 Å². The Labute approximate surface area is 110 Å². The summed E-state index contributed by atoms with van der Waals surface area (Å²) in [5.74, 6) is -1.53. The zero-order valence-electron chi connectivity index (χ0n) is 10.3. The van der Waals surface area contributed by atoms with Crippen molar-refractivity contribution in [3.05, 3.63) is 29.8 Å². The van der Waals surface area contributed by atoms with Crippen LogP contribution < -0.4 is 5.32 Å². The summed E-state index contributed by atoms with van der Waals surface area (Å²) < 4.78 is 5.05. The summed E-state index contributed by atoms with van der Waals surface area (Å²) in [6.45, 7) is 0.276. The average molecular weight is 265 g/mol. The minimum Gasteiger partial charge on any atom is -0.508 e. The quantitative estimate of drug-likeness (QED) is 0.727. The molecule has 2 rings (SSSR count). The number of para-hydroxylation sites is 1. The summed E-state index contributed by atoms with van der Waals surface area (Å²) in [5, 5.41) is 21.3. The second-order valence-electron chi connectivity index (χ2n) is 4.54. The molecule has 1 fully saturated rings. The van der Waals surface area contributed by atoms with Crippen molar-refractivity contribution in [1.29, 1.82) is 0 Å². The number of ether oxygens (including phenoxy) is 1. The van der Waals surface area contributed by atoms with E-state index in [0.29, 0.717) is 12.2 Å². The minimum atomic E-state index is -1.35. The Morgan fingerprint density at radius 3 is 2.68 bits per heavy atom. The molecule has 3 N–H and O–H groups in total. The van der Waals surface area contributed by atoms with Crippen LogP contribution in [0.2, 0.25) is 0 Å². The van der Waals surface area contributed by atoms with Gasteiger partial charge in [0.15, 0.2) is 5.54 Å². The molecule has 6 nitrogen and oxygen atoms in total. The van der Waals surface area contributed by atoms with Gasteiger partial charge in [-0.05, 0) is 6.07 Å². The maximum atomic E-state index is 11.9. The standard InChI is InChI=1S/C13H15NO5/c15-10-4-2-1-3-9(10)7-11(16)14-13(12(17)18)5-6-19-8-13/h1-4,15H,5-8H2,(H,14,16)(H,17,18). The molecule has 0 radical (unpaired) electrons. The van der Waals surface area contributed by atoms with Gasteiger partial charge >= 0.3 is 5.97 Å². The first-order chi connectivity index (χ1) is 9.03. The van der Waals surface area contributed by atoms with Gasteiger partial charge in [0.05, 0.1) is 13.0 Å². The highest BCUT2D eigenvalue weighted by Gasteiger charge is 2.43. The molecule has 0 saturated carbocycles. The highest BCUT2D eigenvalue weighted by molar-refractivity contribution is 5.88. The Hall–Kier alpha value is -2.08. The molecular formula is C13H15NO5. The van der Waals surface area contributed by atoms with Crippen LogP contribution >= 0.6 is 0 Å². The van der Waals surface area contributed by atoms with Gasteiger partial charge in [0, 0.05) is 18.6 Å². The SMILES string of the molecule is O=C(Cc1ccccc1O)NC1(C(=O)O)CCOC1. The van der Waals surface area contributed by atoms with Crippen molar-refractivity contribution >= 4 is 11.9 Å². The zero-order chi connectivity index (χ0) is 13.9. The molecule has 1 amide bonds. The van der Waals surface area contributed by atoms with E-state index in [2.05, 4.69) is 5.32 Å². The molecule has 0 aliphatic carbocycles. The maximum Gasteiger partial charge on any atom is 0.331 e. The molecule has 1 unspecified atom stereocenters. The molecule has 1 heterocycles. The summed E-state index contributed by atoms with van der Waals surface area (Å²) in [4.78, 5) is 23.1. The summed E-state index contributed by atoms with van der Waals surface area (Å²) in [5.41, 5.74) is -0.888. The Kier molecular flexibility index (Phi) is 3.71. The number of nitrogens with one attached hydrogen (secondary N) is 1. The van der Waals surface area contributed by atoms with Gasteiger partial charge in [-0.25, -0.2) is 4.79 Å². The smallest absolute Gasteiger partial charge is 0.331 e. The van der Waals surface area contributed by atoms with Crippen molar-refractivity contribution in [2.24, 2.45) is 0 Å². The fourth-order valence-corrected chi connectivity index (χ4v) is 2.03. The molecular weight excluding hydrogens is 250 g/mol. The number of phenols is 1. The van der Waals surface area contributed by atoms with Crippen LogP contribution in [0, 0.1) is 0 Å². The Morgan fingerprint density at radius 1 is 1.37 bits per heavy atom. The molecule has 1 aromatic carbocycles. The van der Waals surface area contributed by atoms with Crippen LogP contribution in [0.3, 0.4) is 0 Å². The van der Waals surface area contributed by atoms with Crippen LogP contribution in [0.15, 0.2) is 24.3 Å². The molecule has 1 saturated heterocycles. The summed E-state index contributed by atoms with van der Waals surface area (Å²) >= 11 is 0. The fourth-order valence-electron chi connectivity index (χ4n) is 2.03. The number of aliphatic carboxylic acids is 1. The van der Waals surface area contributed by atoms with E-state index in [-0.39, 0.29) is 25.2 Å². The van der Waals surface area contributed by atoms with Crippen LogP contribution in [0.5, 0.6) is 5.75 Å². The predicted molar refractivity (Wildman–Crippen MR) is 65.8 cm³/mol. The molecule has 102 valence electrons. The van der Waals surface area contributed by atoms with E-state index in [0.717, 1.165) is 0 Å². The zero-order valence-corrected chi connectivity index (χ0v) is 10.3. The number of carboxylic acids is 1. The van der Waals surface area contributed by atoms with Crippen LogP contribution in [-0.4, -0.2) is 40.8 Å². The highest BCUT2D eigenvalue weighted by Crippen LogP contribution is 2.20. The number of amides is 1. The van der Waals surface area contributed by atoms with Gasteiger partial charge in [-0.3, -0.25) is 4.79 Å². The normalized spacial score (nSPS) is 22.1. The third kappa shape index (κ3) is 2.85. The minimum absolute atomic E-state index is 0.0182. The molecule has 0 aromatic heterocycles. The van der Waals surface area contributed by atoms with Crippen molar-refractivity contribution in [2.75, 3.05) is 13.2 Å². The van der Waals surface area contributed by atoms with Crippen molar-refractivity contribution in [2.45, 2.75) is 18.4 Å². The van der Waals surface area contributed by atoms with Gasteiger partial charge in [-0.2, -0.15) is 0 Å². The molecule has 6 heteroatoms. The number of hydrogen-bond acceptors (Lipinski definition) is 4. The average Bonchev–Trinajstić information content (AvgIpc) is 2.82. The van der Waals surface area contributed by atoms with Crippen LogP contribution in [0.25, 0.3) is 0 Å². The molecule has 1 aromatic rings. The Balaban J connectivity index is 2.05. The number of carboxylic acid groups (broad SMARTS) is 1. The van der Waals surface area contributed by atoms with E-state index in [1.54, 1.807) is 18.2 Å². The summed E-state index contributed by atoms with van der Waals surface area (Å²) in [6.07, 6.45) is 0.177. The maximum absolute atomic E-state index is 11.9. The largest absolute Gasteiger partial charge is 0.508 e. The van der Waals surface area contributed by atoms with E-state index >= 15 is 0 Å². The van der Waals surface area contributed by atoms with E-state index in [1.165, 1.54) is 6.07 Å². The number of carbonyl (C=O) groups excluding carboxylic acids is 1. The number of rotatable bonds is 4. The van der Waals surface area contributed by atoms with E-state index in [9.17, 15) is 19.8 Å². The van der Waals surface area contributed by atoms with Crippen molar-refractivity contribution in [3.8, 4) is 5.75 Å². The Bertz CT molecular complexity index is 494. The van der Waals surface area contributed by atoms with Gasteiger partial charge < -0.3 is 20.3 Å². The lowest BCUT2D eigenvalue weighted by molar-refractivity contribution is -0.147. The first kappa shape index (κ1) is 13.4. The van der Waals surface area contributed by atoms with Crippen molar-refractivity contribution < 1.29 is 24.5 Å². The van der Waals surface area contributed by atoms with Gasteiger partial charge in [0.1, 0.15) is 5.75 Å². The number of phenolic OH excluding ortho intramolecular Hbond substituents is 1. The molecule has 1 atom stereocenters. The third-order valence-corrected chi connectivity index (χ3v) is 3.15. The molecule has 19 heavy (non-hydrogen) atoms. The summed E-state index contributed by atoms with van der Waals surface area (Å²) in [7, 11) is 0. The van der Waals surface area contributed by atoms with Gasteiger partial charge in [-0.15, -0.1) is 0 Å². The molecule has 0 spiro atoms. The molecule has 0 bridgehead atoms. The van der Waals surface area contributed by atoms with Crippen molar-refractivity contribution in [3.63, 3.8) is 0 Å². The van der Waals surface area contributed by atoms with Crippen LogP contribution in [0.1, 0.15) is 12.0 Å². The number of aromatic hydroxyl groups is 1.